The van der Waals surface area contributed by atoms with Gasteiger partial charge in [0.05, 0.1) is 17.0 Å². The summed E-state index contributed by atoms with van der Waals surface area (Å²) in [6.07, 6.45) is 1.28. The third kappa shape index (κ3) is 8.33. The minimum absolute atomic E-state index is 0.120. The van der Waals surface area contributed by atoms with Crippen LogP contribution in [0.3, 0.4) is 0 Å². The number of nitrogens with zero attached hydrogens (tertiary/aromatic N) is 2. The van der Waals surface area contributed by atoms with Gasteiger partial charge >= 0.3 is 0 Å². The molecule has 202 valence electrons. The van der Waals surface area contributed by atoms with Crippen molar-refractivity contribution < 1.29 is 18.0 Å². The molecule has 9 heteroatoms. The highest BCUT2D eigenvalue weighted by molar-refractivity contribution is 7.92. The summed E-state index contributed by atoms with van der Waals surface area (Å²) in [6.45, 7) is 5.22. The Bertz CT molecular complexity index is 1340. The predicted octanol–water partition coefficient (Wildman–Crippen LogP) is 4.66. The largest absolute Gasteiger partial charge is 0.350 e. The maximum atomic E-state index is 14.0. The van der Waals surface area contributed by atoms with Gasteiger partial charge in [-0.15, -0.1) is 0 Å². The molecule has 3 rings (SSSR count). The van der Waals surface area contributed by atoms with Crippen molar-refractivity contribution in [3.05, 3.63) is 101 Å². The molecule has 3 aromatic rings. The van der Waals surface area contributed by atoms with Gasteiger partial charge in [0.2, 0.25) is 21.8 Å². The molecule has 1 N–H and O–H groups in total. The Morgan fingerprint density at radius 2 is 1.39 bits per heavy atom. The van der Waals surface area contributed by atoms with E-state index in [0.29, 0.717) is 0 Å². The summed E-state index contributed by atoms with van der Waals surface area (Å²) in [7, 11) is -3.87. The number of amides is 2. The lowest BCUT2D eigenvalue weighted by Gasteiger charge is -2.35. The van der Waals surface area contributed by atoms with Crippen molar-refractivity contribution in [2.24, 2.45) is 0 Å². The molecule has 0 radical (unpaired) electrons. The normalized spacial score (nSPS) is 12.4. The molecule has 2 amide bonds. The van der Waals surface area contributed by atoms with Crippen LogP contribution in [-0.4, -0.2) is 49.5 Å². The standard InChI is InChI=1S/C29H34ClN3O4S/c1-29(2,3)31-28(35)26(19-22-13-7-5-8-14-22)32(20-23-15-9-6-10-16-23)27(34)21-33(38(4,36)37)25-18-12-11-17-24(25)30/h5-18,26H,19-21H2,1-4H3,(H,31,35)/t26-/m1/s1. The molecule has 1 atom stereocenters. The highest BCUT2D eigenvalue weighted by Crippen LogP contribution is 2.27. The second kappa shape index (κ2) is 12.5. The van der Waals surface area contributed by atoms with E-state index in [2.05, 4.69) is 5.32 Å². The quantitative estimate of drug-likeness (QED) is 0.394. The lowest BCUT2D eigenvalue weighted by atomic mass is 10.0. The summed E-state index contributed by atoms with van der Waals surface area (Å²) in [5.74, 6) is -0.849. The Balaban J connectivity index is 2.06. The van der Waals surface area contributed by atoms with E-state index >= 15 is 0 Å². The number of rotatable bonds is 10. The van der Waals surface area contributed by atoms with Crippen LogP contribution in [0, 0.1) is 0 Å². The average Bonchev–Trinajstić information content (AvgIpc) is 2.84. The van der Waals surface area contributed by atoms with Crippen molar-refractivity contribution in [2.45, 2.75) is 45.3 Å². The number of hydrogen-bond donors (Lipinski definition) is 1. The summed E-state index contributed by atoms with van der Waals surface area (Å²) < 4.78 is 26.6. The first-order chi connectivity index (χ1) is 17.8. The van der Waals surface area contributed by atoms with Crippen molar-refractivity contribution in [1.82, 2.24) is 10.2 Å². The molecule has 0 unspecified atom stereocenters. The number of sulfonamides is 1. The molecule has 0 saturated heterocycles. The van der Waals surface area contributed by atoms with Crippen LogP contribution in [0.1, 0.15) is 31.9 Å². The van der Waals surface area contributed by atoms with Gasteiger partial charge in [-0.25, -0.2) is 8.42 Å². The topological polar surface area (TPSA) is 86.8 Å². The Labute approximate surface area is 230 Å². The predicted molar refractivity (Wildman–Crippen MR) is 152 cm³/mol. The van der Waals surface area contributed by atoms with Gasteiger partial charge in [-0.05, 0) is 44.0 Å². The third-order valence-electron chi connectivity index (χ3n) is 5.77. The van der Waals surface area contributed by atoms with E-state index in [4.69, 9.17) is 11.6 Å². The molecule has 0 bridgehead atoms. The van der Waals surface area contributed by atoms with Gasteiger partial charge in [0.1, 0.15) is 12.6 Å². The van der Waals surface area contributed by atoms with Crippen molar-refractivity contribution in [2.75, 3.05) is 17.1 Å². The van der Waals surface area contributed by atoms with E-state index < -0.39 is 34.1 Å². The number of halogens is 1. The van der Waals surface area contributed by atoms with Crippen molar-refractivity contribution in [3.8, 4) is 0 Å². The second-order valence-corrected chi connectivity index (χ2v) is 12.5. The molecule has 7 nitrogen and oxygen atoms in total. The number of hydrogen-bond acceptors (Lipinski definition) is 4. The molecule has 0 aliphatic carbocycles. The second-order valence-electron chi connectivity index (χ2n) is 10.2. The highest BCUT2D eigenvalue weighted by atomic mass is 35.5. The first-order valence-electron chi connectivity index (χ1n) is 12.3. The summed E-state index contributed by atoms with van der Waals surface area (Å²) in [5.41, 5.74) is 1.34. The molecular formula is C29H34ClN3O4S. The van der Waals surface area contributed by atoms with Crippen LogP contribution in [0.5, 0.6) is 0 Å². The van der Waals surface area contributed by atoms with Crippen molar-refractivity contribution in [3.63, 3.8) is 0 Å². The van der Waals surface area contributed by atoms with E-state index in [0.717, 1.165) is 21.7 Å². The molecule has 0 fully saturated rings. The number of anilines is 1. The number of nitrogens with one attached hydrogen (secondary N) is 1. The Hall–Kier alpha value is -3.36. The fourth-order valence-corrected chi connectivity index (χ4v) is 5.19. The van der Waals surface area contributed by atoms with Crippen LogP contribution in [0.15, 0.2) is 84.9 Å². The molecule has 38 heavy (non-hydrogen) atoms. The maximum Gasteiger partial charge on any atom is 0.244 e. The highest BCUT2D eigenvalue weighted by Gasteiger charge is 2.34. The van der Waals surface area contributed by atoms with E-state index in [1.165, 1.54) is 4.90 Å². The Morgan fingerprint density at radius 1 is 0.868 bits per heavy atom. The molecule has 0 saturated carbocycles. The molecular weight excluding hydrogens is 522 g/mol. The SMILES string of the molecule is CC(C)(C)NC(=O)[C@@H](Cc1ccccc1)N(Cc1ccccc1)C(=O)CN(c1ccccc1Cl)S(C)(=O)=O. The van der Waals surface area contributed by atoms with Crippen LogP contribution in [0.25, 0.3) is 0 Å². The van der Waals surface area contributed by atoms with Gasteiger partial charge in [-0.3, -0.25) is 13.9 Å². The van der Waals surface area contributed by atoms with E-state index in [1.807, 2.05) is 81.4 Å². The Morgan fingerprint density at radius 3 is 1.92 bits per heavy atom. The molecule has 0 aliphatic heterocycles. The van der Waals surface area contributed by atoms with Gasteiger partial charge in [-0.1, -0.05) is 84.4 Å². The number of para-hydroxylation sites is 1. The minimum atomic E-state index is -3.87. The van der Waals surface area contributed by atoms with Gasteiger partial charge in [0, 0.05) is 18.5 Å². The maximum absolute atomic E-state index is 14.0. The van der Waals surface area contributed by atoms with Crippen LogP contribution < -0.4 is 9.62 Å². The van der Waals surface area contributed by atoms with Crippen molar-refractivity contribution >= 4 is 39.1 Å². The first kappa shape index (κ1) is 29.2. The van der Waals surface area contributed by atoms with E-state index in [9.17, 15) is 18.0 Å². The number of benzene rings is 3. The summed E-state index contributed by atoms with van der Waals surface area (Å²) in [4.78, 5) is 29.1. The summed E-state index contributed by atoms with van der Waals surface area (Å²) in [5, 5.41) is 3.20. The van der Waals surface area contributed by atoms with Gasteiger partial charge in [0.15, 0.2) is 0 Å². The lowest BCUT2D eigenvalue weighted by molar-refractivity contribution is -0.140. The average molecular weight is 556 g/mol. The fourth-order valence-electron chi connectivity index (χ4n) is 4.04. The van der Waals surface area contributed by atoms with Crippen molar-refractivity contribution in [1.29, 1.82) is 0 Å². The third-order valence-corrected chi connectivity index (χ3v) is 7.21. The Kier molecular flexibility index (Phi) is 9.57. The molecule has 0 spiro atoms. The van der Waals surface area contributed by atoms with Crippen LogP contribution in [0.4, 0.5) is 5.69 Å². The molecule has 3 aromatic carbocycles. The van der Waals surface area contributed by atoms with Gasteiger partial charge in [0.25, 0.3) is 0 Å². The molecule has 0 aromatic heterocycles. The molecule has 0 aliphatic rings. The minimum Gasteiger partial charge on any atom is -0.350 e. The monoisotopic (exact) mass is 555 g/mol. The van der Waals surface area contributed by atoms with E-state index in [1.54, 1.807) is 24.3 Å². The first-order valence-corrected chi connectivity index (χ1v) is 14.5. The van der Waals surface area contributed by atoms with Crippen LogP contribution in [-0.2, 0) is 32.6 Å². The van der Waals surface area contributed by atoms with E-state index in [-0.39, 0.29) is 29.6 Å². The van der Waals surface area contributed by atoms with Gasteiger partial charge in [-0.2, -0.15) is 0 Å². The zero-order chi connectivity index (χ0) is 27.9. The van der Waals surface area contributed by atoms with Crippen LogP contribution >= 0.6 is 11.6 Å². The number of carbonyl (C=O) groups excluding carboxylic acids is 2. The van der Waals surface area contributed by atoms with Crippen LogP contribution in [0.2, 0.25) is 5.02 Å². The fraction of sp³-hybridized carbons (Fsp3) is 0.310. The van der Waals surface area contributed by atoms with Gasteiger partial charge < -0.3 is 10.2 Å². The zero-order valence-electron chi connectivity index (χ0n) is 22.1. The smallest absolute Gasteiger partial charge is 0.244 e. The number of carbonyl (C=O) groups is 2. The zero-order valence-corrected chi connectivity index (χ0v) is 23.7. The lowest BCUT2D eigenvalue weighted by Crippen LogP contribution is -2.56. The summed E-state index contributed by atoms with van der Waals surface area (Å²) >= 11 is 6.32. The summed E-state index contributed by atoms with van der Waals surface area (Å²) in [6, 6.07) is 24.3. The molecule has 0 heterocycles.